The van der Waals surface area contributed by atoms with E-state index in [-0.39, 0.29) is 27.8 Å². The molecule has 0 atom stereocenters. The summed E-state index contributed by atoms with van der Waals surface area (Å²) in [4.78, 5) is 10.1. The number of hydrogen-bond donors (Lipinski definition) is 0. The molecule has 0 saturated carbocycles. The van der Waals surface area contributed by atoms with E-state index in [1.165, 1.54) is 16.7 Å². The molecule has 8 heteroatoms. The Balaban J connectivity index is 0.00000372. The fraction of sp³-hybridized carbons (Fsp3) is 0.106. The van der Waals surface area contributed by atoms with Crippen LogP contribution in [0.1, 0.15) is 27.8 Å². The quantitative estimate of drug-likeness (QED) is 0.131. The minimum atomic E-state index is -0.249. The summed E-state index contributed by atoms with van der Waals surface area (Å²) >= 11 is 0. The maximum absolute atomic E-state index is 6.90. The molecule has 55 heavy (non-hydrogen) atoms. The van der Waals surface area contributed by atoms with Crippen molar-refractivity contribution in [2.75, 3.05) is 0 Å². The Morgan fingerprint density at radius 1 is 0.618 bits per heavy atom. The van der Waals surface area contributed by atoms with Gasteiger partial charge in [0.25, 0.3) is 0 Å². The van der Waals surface area contributed by atoms with E-state index < -0.39 is 0 Å². The number of benzene rings is 6. The molecule has 9 aromatic rings. The van der Waals surface area contributed by atoms with Crippen LogP contribution < -0.4 is 25.9 Å². The van der Waals surface area contributed by atoms with Gasteiger partial charge in [0.1, 0.15) is 17.3 Å². The summed E-state index contributed by atoms with van der Waals surface area (Å²) < 4.78 is 18.2. The number of pyridine rings is 1. The molecule has 0 amide bonds. The van der Waals surface area contributed by atoms with Gasteiger partial charge in [0, 0.05) is 34.4 Å². The number of nitrogens with zero attached hydrogens (tertiary/aromatic N) is 4. The first-order valence-electron chi connectivity index (χ1n) is 18.4. The second-order valence-corrected chi connectivity index (χ2v) is 14.7. The number of fused-ring (bicyclic) bond motifs is 8. The number of aryl methyl sites for hydroxylation is 5. The Bertz CT molecular complexity index is 3050. The second-order valence-electron chi connectivity index (χ2n) is 14.7. The second kappa shape index (κ2) is 12.3. The topological polar surface area (TPSA) is 54.1 Å². The van der Waals surface area contributed by atoms with Crippen LogP contribution in [0.5, 0.6) is 23.0 Å². The minimum absolute atomic E-state index is 0. The van der Waals surface area contributed by atoms with Crippen molar-refractivity contribution in [2.45, 2.75) is 34.6 Å². The molecule has 6 nitrogen and oxygen atoms in total. The molecular weight excluding hydrogens is 858 g/mol. The van der Waals surface area contributed by atoms with Crippen LogP contribution in [0.3, 0.4) is 0 Å². The monoisotopic (exact) mass is 891 g/mol. The molecule has 0 unspecified atom stereocenters. The maximum Gasteiger partial charge on any atom is 2.00 e. The summed E-state index contributed by atoms with van der Waals surface area (Å²) in [5.74, 6) is 4.89. The van der Waals surface area contributed by atoms with Gasteiger partial charge in [-0.05, 0) is 98.7 Å². The van der Waals surface area contributed by atoms with Crippen LogP contribution in [0, 0.1) is 46.8 Å². The van der Waals surface area contributed by atoms with Crippen LogP contribution in [0.2, 0.25) is 0 Å². The fourth-order valence-corrected chi connectivity index (χ4v) is 9.01. The molecule has 3 aromatic heterocycles. The van der Waals surface area contributed by atoms with Crippen LogP contribution in [0.25, 0.3) is 55.7 Å². The van der Waals surface area contributed by atoms with E-state index in [4.69, 9.17) is 19.4 Å². The summed E-state index contributed by atoms with van der Waals surface area (Å²) in [6.45, 7) is 10.5. The number of ether oxygens (including phenoxy) is 2. The summed E-state index contributed by atoms with van der Waals surface area (Å²) in [5, 5.41) is 2.18. The van der Waals surface area contributed by atoms with Gasteiger partial charge in [-0.15, -0.1) is 40.8 Å². The van der Waals surface area contributed by atoms with Crippen molar-refractivity contribution in [3.63, 3.8) is 0 Å². The van der Waals surface area contributed by atoms with Crippen LogP contribution in [-0.2, 0) is 21.1 Å². The number of rotatable bonds is 3. The molecule has 6 aromatic carbocycles. The maximum atomic E-state index is 6.90. The molecule has 0 saturated heterocycles. The average molecular weight is 892 g/mol. The number of hydrogen-bond acceptors (Lipinski definition) is 4. The number of para-hydroxylation sites is 3. The standard InChI is InChI=1S/C47H33BN4O2.Pt/c1-26-20-27(2)44(28(3)21-26)52-38-15-9-7-13-36(38)50-47(52)31-17-18-40-34(23-31)48-35-25-39-33(24-41(35)54-46-30(5)22-29(4)45(53-40)43(46)48)32-12-6-8-14-37(32)51(39)42-16-10-11-19-49-42;/h6-22,24H,1-5H3;/q-2;+2. The zero-order valence-corrected chi connectivity index (χ0v) is 33.2. The van der Waals surface area contributed by atoms with E-state index in [9.17, 15) is 0 Å². The Morgan fingerprint density at radius 2 is 1.31 bits per heavy atom. The molecular formula is C47H33BN4O2Pt. The third kappa shape index (κ3) is 4.85. The molecule has 0 spiro atoms. The van der Waals surface area contributed by atoms with Crippen LogP contribution in [-0.4, -0.2) is 25.8 Å². The van der Waals surface area contributed by atoms with E-state index >= 15 is 0 Å². The van der Waals surface area contributed by atoms with E-state index in [2.05, 4.69) is 135 Å². The molecule has 0 radical (unpaired) electrons. The molecule has 0 bridgehead atoms. The van der Waals surface area contributed by atoms with Gasteiger partial charge in [-0.25, -0.2) is 4.98 Å². The molecule has 2 aliphatic rings. The average Bonchev–Trinajstić information content (AvgIpc) is 3.71. The van der Waals surface area contributed by atoms with Crippen molar-refractivity contribution >= 4 is 55.9 Å². The molecule has 0 aliphatic carbocycles. The van der Waals surface area contributed by atoms with Gasteiger partial charge in [-0.2, -0.15) is 6.07 Å². The fourth-order valence-electron chi connectivity index (χ4n) is 9.01. The van der Waals surface area contributed by atoms with E-state index in [0.29, 0.717) is 0 Å². The van der Waals surface area contributed by atoms with E-state index in [1.807, 2.05) is 30.5 Å². The van der Waals surface area contributed by atoms with Crippen molar-refractivity contribution in [3.8, 4) is 45.9 Å². The summed E-state index contributed by atoms with van der Waals surface area (Å²) in [6, 6.07) is 43.7. The first-order valence-corrected chi connectivity index (χ1v) is 18.4. The normalized spacial score (nSPS) is 12.6. The van der Waals surface area contributed by atoms with Crippen molar-refractivity contribution in [1.29, 1.82) is 0 Å². The van der Waals surface area contributed by atoms with Gasteiger partial charge in [0.2, 0.25) is 6.71 Å². The van der Waals surface area contributed by atoms with Crippen molar-refractivity contribution < 1.29 is 30.5 Å². The minimum Gasteiger partial charge on any atom is -0.517 e. The largest absolute Gasteiger partial charge is 2.00 e. The molecule has 5 heterocycles. The third-order valence-corrected chi connectivity index (χ3v) is 11.1. The predicted molar refractivity (Wildman–Crippen MR) is 218 cm³/mol. The van der Waals surface area contributed by atoms with Crippen LogP contribution in [0.15, 0.2) is 109 Å². The first kappa shape index (κ1) is 33.6. The molecule has 266 valence electrons. The molecule has 0 fully saturated rings. The predicted octanol–water partition coefficient (Wildman–Crippen LogP) is 9.05. The Kier molecular flexibility index (Phi) is 7.53. The zero-order valence-electron chi connectivity index (χ0n) is 30.9. The summed E-state index contributed by atoms with van der Waals surface area (Å²) in [7, 11) is 0. The molecule has 2 aliphatic heterocycles. The van der Waals surface area contributed by atoms with E-state index in [1.54, 1.807) is 0 Å². The van der Waals surface area contributed by atoms with Gasteiger partial charge < -0.3 is 18.6 Å². The van der Waals surface area contributed by atoms with E-state index in [0.717, 1.165) is 106 Å². The summed E-state index contributed by atoms with van der Waals surface area (Å²) in [6.07, 6.45) is 1.84. The number of imidazole rings is 1. The van der Waals surface area contributed by atoms with Crippen molar-refractivity contribution in [2.24, 2.45) is 0 Å². The van der Waals surface area contributed by atoms with Gasteiger partial charge in [-0.3, -0.25) is 4.98 Å². The van der Waals surface area contributed by atoms with Crippen molar-refractivity contribution in [3.05, 3.63) is 149 Å². The SMILES string of the molecule is Cc1cc(C)c(-n2c(-c3[c-]c4c(cc3)Oc3c(C)cc(C)c5c3B4c3[c-]c4c(cc3O5)c3ccccc3n4-c3ccccn3)nc3ccccc32)c(C)c1.[Pt+2]. The van der Waals surface area contributed by atoms with Crippen LogP contribution in [0.4, 0.5) is 0 Å². The first-order chi connectivity index (χ1) is 26.3. The van der Waals surface area contributed by atoms with Gasteiger partial charge >= 0.3 is 21.1 Å². The molecule has 11 rings (SSSR count). The third-order valence-electron chi connectivity index (χ3n) is 11.1. The van der Waals surface area contributed by atoms with Gasteiger partial charge in [0.05, 0.1) is 16.9 Å². The van der Waals surface area contributed by atoms with Gasteiger partial charge in [0.15, 0.2) is 0 Å². The Labute approximate surface area is 333 Å². The smallest absolute Gasteiger partial charge is 0.517 e. The number of aromatic nitrogens is 4. The van der Waals surface area contributed by atoms with Crippen LogP contribution >= 0.6 is 0 Å². The van der Waals surface area contributed by atoms with Crippen molar-refractivity contribution in [1.82, 2.24) is 19.1 Å². The Morgan fingerprint density at radius 3 is 2.07 bits per heavy atom. The Hall–Kier alpha value is -5.91. The summed E-state index contributed by atoms with van der Waals surface area (Å²) in [5.41, 5.74) is 14.7. The zero-order chi connectivity index (χ0) is 36.4. The molecule has 0 N–H and O–H groups in total. The van der Waals surface area contributed by atoms with Gasteiger partial charge in [-0.1, -0.05) is 65.0 Å².